The third-order valence-electron chi connectivity index (χ3n) is 2.23. The Bertz CT molecular complexity index is 471. The summed E-state index contributed by atoms with van der Waals surface area (Å²) in [5.74, 6) is -0.809. The van der Waals surface area contributed by atoms with Crippen molar-refractivity contribution >= 4 is 17.7 Å². The smallest absolute Gasteiger partial charge is 0.405 e. The van der Waals surface area contributed by atoms with E-state index in [0.717, 1.165) is 0 Å². The summed E-state index contributed by atoms with van der Waals surface area (Å²) < 4.78 is 0. The summed E-state index contributed by atoms with van der Waals surface area (Å²) in [7, 11) is 0. The van der Waals surface area contributed by atoms with Crippen molar-refractivity contribution in [2.75, 3.05) is 0 Å². The van der Waals surface area contributed by atoms with Crippen LogP contribution in [0.1, 0.15) is 5.56 Å². The maximum atomic E-state index is 11.0. The van der Waals surface area contributed by atoms with E-state index in [0.29, 0.717) is 5.56 Å². The maximum Gasteiger partial charge on any atom is 0.405 e. The lowest BCUT2D eigenvalue weighted by Gasteiger charge is -2.12. The molecule has 0 aliphatic heterocycles. The first kappa shape index (κ1) is 13.4. The van der Waals surface area contributed by atoms with E-state index in [2.05, 4.69) is 0 Å². The van der Waals surface area contributed by atoms with E-state index < -0.39 is 23.0 Å². The van der Waals surface area contributed by atoms with Crippen LogP contribution in [-0.4, -0.2) is 28.1 Å². The van der Waals surface area contributed by atoms with E-state index in [-0.39, 0.29) is 12.1 Å². The zero-order valence-electron chi connectivity index (χ0n) is 9.20. The van der Waals surface area contributed by atoms with Gasteiger partial charge in [0.05, 0.1) is 4.92 Å². The summed E-state index contributed by atoms with van der Waals surface area (Å²) in [5, 5.41) is 20.9. The molecule has 0 saturated carbocycles. The van der Waals surface area contributed by atoms with Crippen LogP contribution in [0.4, 0.5) is 10.5 Å². The number of nitro benzene ring substituents is 1. The molecule has 0 aliphatic rings. The van der Waals surface area contributed by atoms with Gasteiger partial charge in [-0.15, -0.1) is 0 Å². The fourth-order valence-electron chi connectivity index (χ4n) is 1.36. The number of nitrogens with zero attached hydrogens (tertiary/aromatic N) is 1. The normalized spacial score (nSPS) is 11.6. The Morgan fingerprint density at radius 3 is 2.33 bits per heavy atom. The highest BCUT2D eigenvalue weighted by Gasteiger charge is 2.18. The van der Waals surface area contributed by atoms with E-state index in [9.17, 15) is 19.7 Å². The third kappa shape index (κ3) is 3.74. The first-order valence-corrected chi connectivity index (χ1v) is 4.92. The predicted molar refractivity (Wildman–Crippen MR) is 60.9 cm³/mol. The first-order valence-electron chi connectivity index (χ1n) is 4.92. The van der Waals surface area contributed by atoms with Gasteiger partial charge >= 0.3 is 6.09 Å². The van der Waals surface area contributed by atoms with Gasteiger partial charge in [-0.2, -0.15) is 0 Å². The molecule has 0 radical (unpaired) electrons. The molecule has 1 atom stereocenters. The van der Waals surface area contributed by atoms with E-state index >= 15 is 0 Å². The maximum absolute atomic E-state index is 11.0. The largest absolute Gasteiger partial charge is 0.465 e. The predicted octanol–water partition coefficient (Wildman–Crippen LogP) is 0.259. The second kappa shape index (κ2) is 5.62. The molecular formula is C10H11N3O5. The van der Waals surface area contributed by atoms with Gasteiger partial charge in [-0.1, -0.05) is 12.1 Å². The monoisotopic (exact) mass is 253 g/mol. The molecule has 0 bridgehead atoms. The molecule has 1 aromatic rings. The van der Waals surface area contributed by atoms with Gasteiger partial charge in [0.25, 0.3) is 5.69 Å². The Balaban J connectivity index is 2.78. The van der Waals surface area contributed by atoms with Crippen molar-refractivity contribution in [3.63, 3.8) is 0 Å². The van der Waals surface area contributed by atoms with Crippen LogP contribution in [0.25, 0.3) is 0 Å². The fourth-order valence-corrected chi connectivity index (χ4v) is 1.36. The number of non-ortho nitro benzene ring substituents is 1. The van der Waals surface area contributed by atoms with Gasteiger partial charge in [0.15, 0.2) is 0 Å². The topological polar surface area (TPSA) is 136 Å². The summed E-state index contributed by atoms with van der Waals surface area (Å²) in [6.45, 7) is 0. The number of carbonyl (C=O) groups is 2. The van der Waals surface area contributed by atoms with E-state index in [1.165, 1.54) is 24.3 Å². The second-order valence-electron chi connectivity index (χ2n) is 3.53. The van der Waals surface area contributed by atoms with Crippen molar-refractivity contribution in [2.45, 2.75) is 12.5 Å². The summed E-state index contributed by atoms with van der Waals surface area (Å²) in [6.07, 6.45) is -1.32. The van der Waals surface area contributed by atoms with E-state index in [1.807, 2.05) is 5.32 Å². The number of primary amides is 1. The van der Waals surface area contributed by atoms with Crippen molar-refractivity contribution < 1.29 is 19.6 Å². The number of hydrogen-bond acceptors (Lipinski definition) is 4. The van der Waals surface area contributed by atoms with Gasteiger partial charge in [-0.05, 0) is 5.56 Å². The van der Waals surface area contributed by atoms with Crippen LogP contribution in [0, 0.1) is 10.1 Å². The molecule has 0 heterocycles. The Morgan fingerprint density at radius 1 is 1.39 bits per heavy atom. The minimum atomic E-state index is -1.36. The summed E-state index contributed by atoms with van der Waals surface area (Å²) in [4.78, 5) is 31.3. The van der Waals surface area contributed by atoms with Crippen LogP contribution >= 0.6 is 0 Å². The molecule has 8 nitrogen and oxygen atoms in total. The molecule has 0 aromatic heterocycles. The number of rotatable bonds is 5. The van der Waals surface area contributed by atoms with E-state index in [1.54, 1.807) is 0 Å². The molecule has 8 heteroatoms. The molecular weight excluding hydrogens is 242 g/mol. The SMILES string of the molecule is NC(=O)[C@@H](Cc1ccc([N+](=O)[O-])cc1)NC(=O)O. The van der Waals surface area contributed by atoms with Crippen molar-refractivity contribution in [1.29, 1.82) is 0 Å². The average molecular weight is 253 g/mol. The highest BCUT2D eigenvalue weighted by molar-refractivity contribution is 5.84. The van der Waals surface area contributed by atoms with Gasteiger partial charge in [0.1, 0.15) is 6.04 Å². The quantitative estimate of drug-likeness (QED) is 0.510. The lowest BCUT2D eigenvalue weighted by molar-refractivity contribution is -0.384. The van der Waals surface area contributed by atoms with E-state index in [4.69, 9.17) is 10.8 Å². The Morgan fingerprint density at radius 2 is 1.94 bits per heavy atom. The van der Waals surface area contributed by atoms with Crippen LogP contribution in [-0.2, 0) is 11.2 Å². The highest BCUT2D eigenvalue weighted by Crippen LogP contribution is 2.13. The zero-order chi connectivity index (χ0) is 13.7. The van der Waals surface area contributed by atoms with Crippen molar-refractivity contribution in [3.8, 4) is 0 Å². The Hall–Kier alpha value is -2.64. The van der Waals surface area contributed by atoms with Crippen LogP contribution in [0.15, 0.2) is 24.3 Å². The number of nitrogens with one attached hydrogen (secondary N) is 1. The minimum absolute atomic E-state index is 0.0413. The summed E-state index contributed by atoms with van der Waals surface area (Å²) in [5.41, 5.74) is 5.52. The number of hydrogen-bond donors (Lipinski definition) is 3. The molecule has 96 valence electrons. The molecule has 0 fully saturated rings. The molecule has 0 unspecified atom stereocenters. The van der Waals surface area contributed by atoms with Crippen molar-refractivity contribution in [1.82, 2.24) is 5.32 Å². The van der Waals surface area contributed by atoms with Gasteiger partial charge in [-0.25, -0.2) is 4.79 Å². The lowest BCUT2D eigenvalue weighted by atomic mass is 10.1. The van der Waals surface area contributed by atoms with Crippen LogP contribution in [0.5, 0.6) is 0 Å². The molecule has 0 spiro atoms. The van der Waals surface area contributed by atoms with Gasteiger partial charge in [0, 0.05) is 18.6 Å². The standard InChI is InChI=1S/C10H11N3O5/c11-9(14)8(12-10(15)16)5-6-1-3-7(4-2-6)13(17)18/h1-4,8,12H,5H2,(H2,11,14)(H,15,16)/t8-/m1/s1. The molecule has 1 rings (SSSR count). The Kier molecular flexibility index (Phi) is 4.19. The lowest BCUT2D eigenvalue weighted by Crippen LogP contribution is -2.45. The van der Waals surface area contributed by atoms with Gasteiger partial charge < -0.3 is 16.2 Å². The zero-order valence-corrected chi connectivity index (χ0v) is 9.20. The number of benzene rings is 1. The third-order valence-corrected chi connectivity index (χ3v) is 2.23. The van der Waals surface area contributed by atoms with Gasteiger partial charge in [-0.3, -0.25) is 14.9 Å². The molecule has 18 heavy (non-hydrogen) atoms. The van der Waals surface area contributed by atoms with Crippen LogP contribution in [0.3, 0.4) is 0 Å². The van der Waals surface area contributed by atoms with Crippen LogP contribution in [0.2, 0.25) is 0 Å². The molecule has 4 N–H and O–H groups in total. The Labute approximate surface area is 102 Å². The number of nitro groups is 1. The highest BCUT2D eigenvalue weighted by atomic mass is 16.6. The fraction of sp³-hybridized carbons (Fsp3) is 0.200. The van der Waals surface area contributed by atoms with Crippen molar-refractivity contribution in [3.05, 3.63) is 39.9 Å². The summed E-state index contributed by atoms with van der Waals surface area (Å²) in [6, 6.07) is 4.36. The minimum Gasteiger partial charge on any atom is -0.465 e. The molecule has 1 aromatic carbocycles. The van der Waals surface area contributed by atoms with Crippen LogP contribution < -0.4 is 11.1 Å². The van der Waals surface area contributed by atoms with Crippen molar-refractivity contribution in [2.24, 2.45) is 5.73 Å². The molecule has 0 saturated heterocycles. The first-order chi connectivity index (χ1) is 8.40. The second-order valence-corrected chi connectivity index (χ2v) is 3.53. The number of nitrogens with two attached hydrogens (primary N) is 1. The number of carbonyl (C=O) groups excluding carboxylic acids is 1. The average Bonchev–Trinajstić information content (AvgIpc) is 2.28. The number of amides is 2. The summed E-state index contributed by atoms with van der Waals surface area (Å²) >= 11 is 0. The van der Waals surface area contributed by atoms with Gasteiger partial charge in [0.2, 0.25) is 5.91 Å². The molecule has 2 amide bonds. The molecule has 0 aliphatic carbocycles. The number of carboxylic acid groups (broad SMARTS) is 1.